The van der Waals surface area contributed by atoms with Gasteiger partial charge in [-0.25, -0.2) is 4.68 Å². The Balaban J connectivity index is 0.00000264. The molecule has 2 rings (SSSR count). The molecule has 1 heterocycles. The fraction of sp³-hybridized carbons (Fsp3) is 0.462. The molecule has 0 aliphatic carbocycles. The maximum Gasteiger partial charge on any atom is 0.209 e. The molecule has 0 aliphatic heterocycles. The van der Waals surface area contributed by atoms with Crippen LogP contribution >= 0.6 is 47.4 Å². The van der Waals surface area contributed by atoms with Crippen LogP contribution in [0.2, 0.25) is 10.0 Å². The number of aryl methyl sites for hydroxylation is 1. The molecule has 0 fully saturated rings. The molecule has 0 atom stereocenters. The first-order valence-corrected chi connectivity index (χ1v) is 8.52. The predicted molar refractivity (Wildman–Crippen MR) is 96.1 cm³/mol. The second-order valence-electron chi connectivity index (χ2n) is 4.42. The largest absolute Gasteiger partial charge is 0.492 e. The molecule has 1 aromatic heterocycles. The Labute approximate surface area is 155 Å². The summed E-state index contributed by atoms with van der Waals surface area (Å²) < 4.78 is 7.24. The van der Waals surface area contributed by atoms with Crippen molar-refractivity contribution in [2.24, 2.45) is 7.05 Å². The van der Waals surface area contributed by atoms with Crippen molar-refractivity contribution < 1.29 is 4.74 Å². The standard InChI is InChI=1S/C13H17Cl2N5OS.ClH/c1-3-21-12-9(6-10(14)7-11(12)15)8-16-4-5-22-13-17-18-19-20(13)2;/h6-7,16H,3-5,8H2,1-2H3;1H. The Bertz CT molecular complexity index is 626. The van der Waals surface area contributed by atoms with Crippen molar-refractivity contribution in [2.75, 3.05) is 18.9 Å². The third-order valence-electron chi connectivity index (χ3n) is 2.78. The van der Waals surface area contributed by atoms with Crippen LogP contribution in [0.15, 0.2) is 17.3 Å². The summed E-state index contributed by atoms with van der Waals surface area (Å²) in [5.41, 5.74) is 0.949. The summed E-state index contributed by atoms with van der Waals surface area (Å²) in [5, 5.41) is 16.6. The lowest BCUT2D eigenvalue weighted by Gasteiger charge is -2.13. The number of benzene rings is 1. The van der Waals surface area contributed by atoms with E-state index in [0.717, 1.165) is 23.0 Å². The molecule has 0 aliphatic rings. The number of hydrogen-bond donors (Lipinski definition) is 1. The molecular formula is C13H18Cl3N5OS. The molecular weight excluding hydrogens is 381 g/mol. The number of tetrazole rings is 1. The lowest BCUT2D eigenvalue weighted by molar-refractivity contribution is 0.336. The van der Waals surface area contributed by atoms with Crippen molar-refractivity contribution in [3.8, 4) is 5.75 Å². The minimum absolute atomic E-state index is 0. The Kier molecular flexibility index (Phi) is 9.01. The van der Waals surface area contributed by atoms with E-state index in [0.29, 0.717) is 28.9 Å². The summed E-state index contributed by atoms with van der Waals surface area (Å²) in [6.45, 7) is 3.91. The van der Waals surface area contributed by atoms with Crippen LogP contribution in [0.5, 0.6) is 5.75 Å². The van der Waals surface area contributed by atoms with Crippen LogP contribution in [0, 0.1) is 0 Å². The molecule has 0 radical (unpaired) electrons. The number of thioether (sulfide) groups is 1. The summed E-state index contributed by atoms with van der Waals surface area (Å²) in [7, 11) is 1.82. The van der Waals surface area contributed by atoms with Gasteiger partial charge in [0.05, 0.1) is 11.6 Å². The maximum absolute atomic E-state index is 6.17. The van der Waals surface area contributed by atoms with Gasteiger partial charge in [0.15, 0.2) is 0 Å². The molecule has 23 heavy (non-hydrogen) atoms. The number of ether oxygens (including phenoxy) is 1. The average molecular weight is 399 g/mol. The van der Waals surface area contributed by atoms with Gasteiger partial charge in [0.1, 0.15) is 5.75 Å². The predicted octanol–water partition coefficient (Wildman–Crippen LogP) is 3.22. The van der Waals surface area contributed by atoms with Gasteiger partial charge < -0.3 is 10.1 Å². The zero-order valence-corrected chi connectivity index (χ0v) is 15.9. The molecule has 0 amide bonds. The van der Waals surface area contributed by atoms with Gasteiger partial charge in [0.2, 0.25) is 5.16 Å². The molecule has 128 valence electrons. The molecule has 1 aromatic carbocycles. The molecule has 10 heteroatoms. The van der Waals surface area contributed by atoms with E-state index in [1.165, 1.54) is 0 Å². The number of halogens is 3. The van der Waals surface area contributed by atoms with E-state index < -0.39 is 0 Å². The summed E-state index contributed by atoms with van der Waals surface area (Å²) in [6.07, 6.45) is 0. The summed E-state index contributed by atoms with van der Waals surface area (Å²) in [4.78, 5) is 0. The summed E-state index contributed by atoms with van der Waals surface area (Å²) in [5.74, 6) is 1.54. The lowest BCUT2D eigenvalue weighted by atomic mass is 10.2. The van der Waals surface area contributed by atoms with Crippen molar-refractivity contribution in [1.29, 1.82) is 0 Å². The maximum atomic E-state index is 6.17. The van der Waals surface area contributed by atoms with Crippen LogP contribution in [-0.4, -0.2) is 39.1 Å². The second-order valence-corrected chi connectivity index (χ2v) is 6.32. The number of hydrogen-bond acceptors (Lipinski definition) is 6. The quantitative estimate of drug-likeness (QED) is 0.544. The molecule has 6 nitrogen and oxygen atoms in total. The van der Waals surface area contributed by atoms with Gasteiger partial charge in [-0.05, 0) is 29.5 Å². The highest BCUT2D eigenvalue weighted by molar-refractivity contribution is 7.99. The van der Waals surface area contributed by atoms with E-state index in [4.69, 9.17) is 27.9 Å². The first-order valence-electron chi connectivity index (χ1n) is 6.78. The van der Waals surface area contributed by atoms with Crippen molar-refractivity contribution in [3.05, 3.63) is 27.7 Å². The normalized spacial score (nSPS) is 10.4. The van der Waals surface area contributed by atoms with Gasteiger partial charge in [-0.2, -0.15) is 0 Å². The van der Waals surface area contributed by atoms with E-state index in [-0.39, 0.29) is 12.4 Å². The minimum Gasteiger partial charge on any atom is -0.492 e. The minimum atomic E-state index is 0. The smallest absolute Gasteiger partial charge is 0.209 e. The summed E-state index contributed by atoms with van der Waals surface area (Å²) in [6, 6.07) is 3.56. The van der Waals surface area contributed by atoms with Gasteiger partial charge >= 0.3 is 0 Å². The first kappa shape index (κ1) is 20.3. The van der Waals surface area contributed by atoms with Crippen molar-refractivity contribution in [3.63, 3.8) is 0 Å². The monoisotopic (exact) mass is 397 g/mol. The number of nitrogens with one attached hydrogen (secondary N) is 1. The van der Waals surface area contributed by atoms with Crippen LogP contribution < -0.4 is 10.1 Å². The van der Waals surface area contributed by atoms with Crippen LogP contribution in [-0.2, 0) is 13.6 Å². The zero-order valence-electron chi connectivity index (χ0n) is 12.8. The van der Waals surface area contributed by atoms with Crippen LogP contribution in [0.3, 0.4) is 0 Å². The molecule has 2 aromatic rings. The Morgan fingerprint density at radius 2 is 2.13 bits per heavy atom. The average Bonchev–Trinajstić information content (AvgIpc) is 2.87. The summed E-state index contributed by atoms with van der Waals surface area (Å²) >= 11 is 13.8. The molecule has 1 N–H and O–H groups in total. The molecule has 0 bridgehead atoms. The van der Waals surface area contributed by atoms with Gasteiger partial charge in [0, 0.05) is 36.5 Å². The number of aromatic nitrogens is 4. The first-order chi connectivity index (χ1) is 10.6. The van der Waals surface area contributed by atoms with Crippen molar-refractivity contribution in [2.45, 2.75) is 18.6 Å². The molecule has 0 saturated heterocycles. The third-order valence-corrected chi connectivity index (χ3v) is 4.29. The Morgan fingerprint density at radius 1 is 1.35 bits per heavy atom. The van der Waals surface area contributed by atoms with Crippen molar-refractivity contribution >= 4 is 47.4 Å². The number of nitrogens with zero attached hydrogens (tertiary/aromatic N) is 4. The third kappa shape index (κ3) is 6.00. The fourth-order valence-electron chi connectivity index (χ4n) is 1.83. The van der Waals surface area contributed by atoms with Gasteiger partial charge in [-0.15, -0.1) is 17.5 Å². The van der Waals surface area contributed by atoms with Crippen molar-refractivity contribution in [1.82, 2.24) is 25.5 Å². The second kappa shape index (κ2) is 10.2. The van der Waals surface area contributed by atoms with Gasteiger partial charge in [-0.1, -0.05) is 35.0 Å². The Hall–Kier alpha value is -0.730. The zero-order chi connectivity index (χ0) is 15.9. The highest BCUT2D eigenvalue weighted by Gasteiger charge is 2.10. The molecule has 0 spiro atoms. The van der Waals surface area contributed by atoms with Gasteiger partial charge in [-0.3, -0.25) is 0 Å². The highest BCUT2D eigenvalue weighted by atomic mass is 35.5. The van der Waals surface area contributed by atoms with Crippen LogP contribution in [0.4, 0.5) is 0 Å². The Morgan fingerprint density at radius 3 is 2.78 bits per heavy atom. The number of rotatable bonds is 8. The topological polar surface area (TPSA) is 64.9 Å². The van der Waals surface area contributed by atoms with Crippen LogP contribution in [0.1, 0.15) is 12.5 Å². The van der Waals surface area contributed by atoms with E-state index in [1.54, 1.807) is 22.5 Å². The SMILES string of the molecule is CCOc1c(Cl)cc(Cl)cc1CNCCSc1nnnn1C.Cl. The van der Waals surface area contributed by atoms with Crippen LogP contribution in [0.25, 0.3) is 0 Å². The molecule has 0 unspecified atom stereocenters. The highest BCUT2D eigenvalue weighted by Crippen LogP contribution is 2.32. The fourth-order valence-corrected chi connectivity index (χ4v) is 3.17. The van der Waals surface area contributed by atoms with E-state index in [1.807, 2.05) is 20.0 Å². The van der Waals surface area contributed by atoms with E-state index in [9.17, 15) is 0 Å². The molecule has 0 saturated carbocycles. The van der Waals surface area contributed by atoms with E-state index >= 15 is 0 Å². The van der Waals surface area contributed by atoms with Gasteiger partial charge in [0.25, 0.3) is 0 Å². The van der Waals surface area contributed by atoms with E-state index in [2.05, 4.69) is 20.8 Å². The lowest BCUT2D eigenvalue weighted by Crippen LogP contribution is -2.17.